The normalized spacial score (nSPS) is 10.2. The van der Waals surface area contributed by atoms with Gasteiger partial charge in [0.15, 0.2) is 0 Å². The molecule has 0 amide bonds. The second-order valence-electron chi connectivity index (χ2n) is 4.26. The maximum absolute atomic E-state index is 13.3. The molecule has 3 heteroatoms. The fraction of sp³-hybridized carbons (Fsp3) is 0.0625. The van der Waals surface area contributed by atoms with Crippen molar-refractivity contribution in [3.05, 3.63) is 66.1 Å². The molecule has 1 nitrogen and oxygen atoms in total. The standard InChI is InChI=1S/C16H11FN.Ir/c1-11-10-13(6-7-15(11)17)16-14-5-3-2-4-12(14)8-9-18-16;/h2-5,7-10H,1H3;/q-1;. The van der Waals surface area contributed by atoms with E-state index >= 15 is 0 Å². The first kappa shape index (κ1) is 13.9. The molecule has 0 unspecified atom stereocenters. The van der Waals surface area contributed by atoms with Gasteiger partial charge in [0.2, 0.25) is 0 Å². The van der Waals surface area contributed by atoms with Crippen LogP contribution in [0.15, 0.2) is 48.7 Å². The van der Waals surface area contributed by atoms with Crippen LogP contribution >= 0.6 is 0 Å². The number of aryl methyl sites for hydroxylation is 1. The molecule has 0 spiro atoms. The summed E-state index contributed by atoms with van der Waals surface area (Å²) in [4.78, 5) is 4.39. The second-order valence-corrected chi connectivity index (χ2v) is 4.26. The van der Waals surface area contributed by atoms with Gasteiger partial charge in [0.1, 0.15) is 0 Å². The molecular weight excluding hydrogens is 417 g/mol. The summed E-state index contributed by atoms with van der Waals surface area (Å²) in [6.07, 6.45) is 1.77. The van der Waals surface area contributed by atoms with E-state index in [1.807, 2.05) is 30.3 Å². The van der Waals surface area contributed by atoms with Crippen LogP contribution in [0.5, 0.6) is 0 Å². The van der Waals surface area contributed by atoms with Crippen molar-refractivity contribution in [2.24, 2.45) is 0 Å². The van der Waals surface area contributed by atoms with Gasteiger partial charge in [-0.25, -0.2) is 0 Å². The van der Waals surface area contributed by atoms with Crippen LogP contribution in [0.1, 0.15) is 5.56 Å². The maximum Gasteiger partial charge on any atom is 0.0408 e. The Morgan fingerprint density at radius 2 is 1.95 bits per heavy atom. The third-order valence-electron chi connectivity index (χ3n) is 3.02. The second kappa shape index (κ2) is 5.60. The molecule has 3 rings (SSSR count). The molecule has 0 aliphatic rings. The van der Waals surface area contributed by atoms with E-state index in [4.69, 9.17) is 0 Å². The predicted octanol–water partition coefficient (Wildman–Crippen LogP) is 4.15. The Hall–Kier alpha value is -1.57. The zero-order valence-corrected chi connectivity index (χ0v) is 12.7. The number of halogens is 1. The van der Waals surface area contributed by atoms with E-state index < -0.39 is 0 Å². The third kappa shape index (κ3) is 2.58. The number of hydrogen-bond donors (Lipinski definition) is 0. The first-order valence-electron chi connectivity index (χ1n) is 5.77. The summed E-state index contributed by atoms with van der Waals surface area (Å²) in [6.45, 7) is 1.75. The van der Waals surface area contributed by atoms with Gasteiger partial charge in [0.25, 0.3) is 0 Å². The number of rotatable bonds is 1. The van der Waals surface area contributed by atoms with Crippen molar-refractivity contribution in [2.75, 3.05) is 0 Å². The van der Waals surface area contributed by atoms with Crippen molar-refractivity contribution in [1.82, 2.24) is 4.98 Å². The van der Waals surface area contributed by atoms with Gasteiger partial charge in [0.05, 0.1) is 0 Å². The molecule has 2 aromatic carbocycles. The van der Waals surface area contributed by atoms with Crippen molar-refractivity contribution in [3.63, 3.8) is 0 Å². The van der Waals surface area contributed by atoms with Crippen LogP contribution in [0.25, 0.3) is 22.0 Å². The minimum Gasteiger partial charge on any atom is -0.304 e. The summed E-state index contributed by atoms with van der Waals surface area (Å²) < 4.78 is 13.3. The van der Waals surface area contributed by atoms with Gasteiger partial charge in [-0.05, 0) is 22.5 Å². The Morgan fingerprint density at radius 3 is 2.74 bits per heavy atom. The van der Waals surface area contributed by atoms with Crippen molar-refractivity contribution in [1.29, 1.82) is 0 Å². The molecule has 0 saturated heterocycles. The average molecular weight is 428 g/mol. The van der Waals surface area contributed by atoms with E-state index in [9.17, 15) is 4.39 Å². The predicted molar refractivity (Wildman–Crippen MR) is 70.7 cm³/mol. The fourth-order valence-corrected chi connectivity index (χ4v) is 2.05. The van der Waals surface area contributed by atoms with Gasteiger partial charge in [-0.2, -0.15) is 0 Å². The molecule has 97 valence electrons. The maximum atomic E-state index is 13.3. The number of fused-ring (bicyclic) bond motifs is 1. The molecule has 0 aliphatic heterocycles. The number of hydrogen-bond acceptors (Lipinski definition) is 1. The van der Waals surface area contributed by atoms with E-state index in [-0.39, 0.29) is 25.9 Å². The minimum absolute atomic E-state index is 0. The molecular formula is C16H11FIrN-. The number of nitrogens with zero attached hydrogens (tertiary/aromatic N) is 1. The fourth-order valence-electron chi connectivity index (χ4n) is 2.05. The third-order valence-corrected chi connectivity index (χ3v) is 3.02. The van der Waals surface area contributed by atoms with Crippen LogP contribution in [0, 0.1) is 18.8 Å². The molecule has 0 N–H and O–H groups in total. The van der Waals surface area contributed by atoms with Gasteiger partial charge >= 0.3 is 0 Å². The minimum atomic E-state index is -0.237. The van der Waals surface area contributed by atoms with Crippen molar-refractivity contribution in [3.8, 4) is 11.3 Å². The van der Waals surface area contributed by atoms with Crippen LogP contribution in [0.2, 0.25) is 0 Å². The smallest absolute Gasteiger partial charge is 0.0408 e. The molecule has 0 atom stereocenters. The number of benzene rings is 2. The Kier molecular flexibility index (Phi) is 4.08. The molecule has 1 heterocycles. The first-order valence-corrected chi connectivity index (χ1v) is 5.77. The topological polar surface area (TPSA) is 12.9 Å². The average Bonchev–Trinajstić information content (AvgIpc) is 2.41. The van der Waals surface area contributed by atoms with Crippen molar-refractivity contribution in [2.45, 2.75) is 6.92 Å². The summed E-state index contributed by atoms with van der Waals surface area (Å²) in [5, 5.41) is 2.18. The summed E-state index contributed by atoms with van der Waals surface area (Å²) >= 11 is 0. The SMILES string of the molecule is Cc1cc(-c2nccc3ccccc23)[c-]cc1F.[Ir]. The van der Waals surface area contributed by atoms with Gasteiger partial charge in [-0.15, -0.1) is 23.8 Å². The van der Waals surface area contributed by atoms with Gasteiger partial charge < -0.3 is 4.98 Å². The van der Waals surface area contributed by atoms with E-state index in [0.29, 0.717) is 5.56 Å². The molecule has 1 radical (unpaired) electrons. The zero-order valence-electron chi connectivity index (χ0n) is 10.3. The van der Waals surface area contributed by atoms with Gasteiger partial charge in [-0.1, -0.05) is 36.8 Å². The number of aromatic nitrogens is 1. The molecule has 0 aliphatic carbocycles. The Bertz CT molecular complexity index is 720. The van der Waals surface area contributed by atoms with Crippen LogP contribution in [-0.4, -0.2) is 4.98 Å². The van der Waals surface area contributed by atoms with E-state index in [1.54, 1.807) is 19.2 Å². The van der Waals surface area contributed by atoms with Gasteiger partial charge in [0, 0.05) is 32.1 Å². The van der Waals surface area contributed by atoms with Crippen molar-refractivity contribution < 1.29 is 24.5 Å². The molecule has 0 saturated carbocycles. The Balaban J connectivity index is 0.00000133. The summed E-state index contributed by atoms with van der Waals surface area (Å²) in [5.74, 6) is -0.237. The molecule has 1 aromatic heterocycles. The largest absolute Gasteiger partial charge is 0.304 e. The summed E-state index contributed by atoms with van der Waals surface area (Å²) in [7, 11) is 0. The number of pyridine rings is 1. The van der Waals surface area contributed by atoms with Crippen LogP contribution in [-0.2, 0) is 20.1 Å². The van der Waals surface area contributed by atoms with Crippen LogP contribution < -0.4 is 0 Å². The molecule has 0 fully saturated rings. The van der Waals surface area contributed by atoms with E-state index in [2.05, 4.69) is 11.1 Å². The van der Waals surface area contributed by atoms with Crippen LogP contribution in [0.3, 0.4) is 0 Å². The quantitative estimate of drug-likeness (QED) is 0.531. The van der Waals surface area contributed by atoms with Crippen molar-refractivity contribution >= 4 is 10.8 Å². The molecule has 0 bridgehead atoms. The molecule has 3 aromatic rings. The summed E-state index contributed by atoms with van der Waals surface area (Å²) in [5.41, 5.74) is 2.28. The summed E-state index contributed by atoms with van der Waals surface area (Å²) in [6, 6.07) is 16.1. The van der Waals surface area contributed by atoms with Gasteiger partial charge in [-0.3, -0.25) is 4.39 Å². The zero-order chi connectivity index (χ0) is 12.5. The Labute approximate surface area is 124 Å². The Morgan fingerprint density at radius 1 is 1.16 bits per heavy atom. The van der Waals surface area contributed by atoms with E-state index in [0.717, 1.165) is 22.0 Å². The first-order chi connectivity index (χ1) is 8.75. The molecule has 19 heavy (non-hydrogen) atoms. The monoisotopic (exact) mass is 429 g/mol. The van der Waals surface area contributed by atoms with E-state index in [1.165, 1.54) is 6.07 Å². The van der Waals surface area contributed by atoms with Crippen LogP contribution in [0.4, 0.5) is 4.39 Å².